The van der Waals surface area contributed by atoms with Gasteiger partial charge in [-0.1, -0.05) is 24.3 Å². The Labute approximate surface area is 124 Å². The van der Waals surface area contributed by atoms with Crippen molar-refractivity contribution in [3.8, 4) is 0 Å². The summed E-state index contributed by atoms with van der Waals surface area (Å²) >= 11 is 0. The fourth-order valence-corrected chi connectivity index (χ4v) is 2.53. The summed E-state index contributed by atoms with van der Waals surface area (Å²) in [5.74, 6) is -0.835. The molecule has 1 aromatic carbocycles. The third kappa shape index (κ3) is 2.44. The molecule has 4 N–H and O–H groups in total. The van der Waals surface area contributed by atoms with Crippen LogP contribution in [0.2, 0.25) is 0 Å². The van der Waals surface area contributed by atoms with Gasteiger partial charge in [-0.25, -0.2) is 0 Å². The summed E-state index contributed by atoms with van der Waals surface area (Å²) in [6, 6.07) is 6.53. The number of halogens is 1. The van der Waals surface area contributed by atoms with Crippen LogP contribution in [0.25, 0.3) is 0 Å². The van der Waals surface area contributed by atoms with Crippen LogP contribution in [0.5, 0.6) is 0 Å². The molecule has 2 atom stereocenters. The molecule has 0 bridgehead atoms. The van der Waals surface area contributed by atoms with Gasteiger partial charge in [0.25, 0.3) is 5.91 Å². The van der Waals surface area contributed by atoms with Gasteiger partial charge in [0.1, 0.15) is 0 Å². The summed E-state index contributed by atoms with van der Waals surface area (Å²) < 4.78 is 0. The SMILES string of the molecule is C[C@H](N)C(=O)[C@]1(N)C(=O)N(C)CCc2ccccc21.Cl. The first-order chi connectivity index (χ1) is 8.89. The van der Waals surface area contributed by atoms with Crippen LogP contribution >= 0.6 is 12.4 Å². The molecule has 6 heteroatoms. The number of hydrogen-bond acceptors (Lipinski definition) is 4. The predicted molar refractivity (Wildman–Crippen MR) is 79.6 cm³/mol. The van der Waals surface area contributed by atoms with Crippen molar-refractivity contribution in [3.63, 3.8) is 0 Å². The van der Waals surface area contributed by atoms with E-state index in [0.29, 0.717) is 18.5 Å². The zero-order chi connectivity index (χ0) is 14.2. The van der Waals surface area contributed by atoms with Gasteiger partial charge in [-0.15, -0.1) is 12.4 Å². The highest BCUT2D eigenvalue weighted by molar-refractivity contribution is 6.13. The second kappa shape index (κ2) is 5.91. The number of nitrogens with two attached hydrogens (primary N) is 2. The number of carbonyl (C=O) groups is 2. The smallest absolute Gasteiger partial charge is 0.254 e. The van der Waals surface area contributed by atoms with Crippen LogP contribution in [-0.4, -0.2) is 36.2 Å². The van der Waals surface area contributed by atoms with Crippen molar-refractivity contribution in [2.45, 2.75) is 24.9 Å². The topological polar surface area (TPSA) is 89.4 Å². The molecule has 1 amide bonds. The Kier molecular flexibility index (Phi) is 4.91. The number of amides is 1. The van der Waals surface area contributed by atoms with Crippen LogP contribution in [0.1, 0.15) is 18.1 Å². The Morgan fingerprint density at radius 2 is 2.00 bits per heavy atom. The average molecular weight is 298 g/mol. The summed E-state index contributed by atoms with van der Waals surface area (Å²) in [5, 5.41) is 0. The lowest BCUT2D eigenvalue weighted by molar-refractivity contribution is -0.142. The van der Waals surface area contributed by atoms with E-state index in [4.69, 9.17) is 11.5 Å². The lowest BCUT2D eigenvalue weighted by atomic mass is 9.81. The normalized spacial score (nSPS) is 23.4. The van der Waals surface area contributed by atoms with Crippen LogP contribution in [0.15, 0.2) is 24.3 Å². The van der Waals surface area contributed by atoms with E-state index in [1.165, 1.54) is 4.90 Å². The number of carbonyl (C=O) groups excluding carboxylic acids is 2. The second-order valence-corrected chi connectivity index (χ2v) is 5.09. The molecule has 0 radical (unpaired) electrons. The van der Waals surface area contributed by atoms with Crippen molar-refractivity contribution in [2.24, 2.45) is 11.5 Å². The van der Waals surface area contributed by atoms with Crippen LogP contribution in [-0.2, 0) is 21.5 Å². The third-order valence-electron chi connectivity index (χ3n) is 3.65. The molecule has 1 heterocycles. The second-order valence-electron chi connectivity index (χ2n) is 5.09. The Bertz CT molecular complexity index is 533. The molecule has 0 aromatic heterocycles. The van der Waals surface area contributed by atoms with Gasteiger partial charge in [0.15, 0.2) is 11.3 Å². The molecule has 1 aliphatic heterocycles. The van der Waals surface area contributed by atoms with Crippen LogP contribution < -0.4 is 11.5 Å². The Morgan fingerprint density at radius 1 is 1.40 bits per heavy atom. The lowest BCUT2D eigenvalue weighted by Gasteiger charge is -2.31. The van der Waals surface area contributed by atoms with Gasteiger partial charge in [0, 0.05) is 13.6 Å². The molecule has 1 aromatic rings. The number of nitrogens with zero attached hydrogens (tertiary/aromatic N) is 1. The van der Waals surface area contributed by atoms with Crippen LogP contribution in [0.3, 0.4) is 0 Å². The van der Waals surface area contributed by atoms with Gasteiger partial charge in [-0.2, -0.15) is 0 Å². The van der Waals surface area contributed by atoms with Crippen molar-refractivity contribution in [1.29, 1.82) is 0 Å². The summed E-state index contributed by atoms with van der Waals surface area (Å²) in [6.07, 6.45) is 0.684. The maximum absolute atomic E-state index is 12.5. The lowest BCUT2D eigenvalue weighted by Crippen LogP contribution is -2.60. The van der Waals surface area contributed by atoms with E-state index >= 15 is 0 Å². The number of Topliss-reactive ketones (excluding diaryl/α,β-unsaturated/α-hetero) is 1. The molecule has 0 fully saturated rings. The minimum absolute atomic E-state index is 0. The zero-order valence-electron chi connectivity index (χ0n) is 11.6. The van der Waals surface area contributed by atoms with Gasteiger partial charge < -0.3 is 16.4 Å². The van der Waals surface area contributed by atoms with Gasteiger partial charge >= 0.3 is 0 Å². The summed E-state index contributed by atoms with van der Waals surface area (Å²) in [4.78, 5) is 26.4. The summed E-state index contributed by atoms with van der Waals surface area (Å²) in [6.45, 7) is 2.10. The summed E-state index contributed by atoms with van der Waals surface area (Å²) in [5.41, 5.74) is 11.7. The molecule has 5 nitrogen and oxygen atoms in total. The zero-order valence-corrected chi connectivity index (χ0v) is 12.4. The Balaban J connectivity index is 0.00000200. The molecule has 110 valence electrons. The van der Waals surface area contributed by atoms with E-state index in [9.17, 15) is 9.59 Å². The van der Waals surface area contributed by atoms with Gasteiger partial charge in [0.2, 0.25) is 0 Å². The number of fused-ring (bicyclic) bond motifs is 1. The molecular formula is C14H20ClN3O2. The molecule has 0 unspecified atom stereocenters. The van der Waals surface area contributed by atoms with E-state index in [1.807, 2.05) is 12.1 Å². The fraction of sp³-hybridized carbons (Fsp3) is 0.429. The van der Waals surface area contributed by atoms with E-state index in [0.717, 1.165) is 5.56 Å². The van der Waals surface area contributed by atoms with E-state index in [-0.39, 0.29) is 18.3 Å². The van der Waals surface area contributed by atoms with Crippen LogP contribution in [0.4, 0.5) is 0 Å². The number of benzene rings is 1. The van der Waals surface area contributed by atoms with E-state index < -0.39 is 17.4 Å². The summed E-state index contributed by atoms with van der Waals surface area (Å²) in [7, 11) is 1.66. The van der Waals surface area contributed by atoms with Gasteiger partial charge in [-0.05, 0) is 24.5 Å². The number of hydrogen-bond donors (Lipinski definition) is 2. The Hall–Kier alpha value is -1.43. The number of rotatable bonds is 2. The minimum Gasteiger partial charge on any atom is -0.343 e. The van der Waals surface area contributed by atoms with Crippen molar-refractivity contribution in [3.05, 3.63) is 35.4 Å². The monoisotopic (exact) mass is 297 g/mol. The van der Waals surface area contributed by atoms with Crippen molar-refractivity contribution < 1.29 is 9.59 Å². The van der Waals surface area contributed by atoms with Gasteiger partial charge in [0.05, 0.1) is 6.04 Å². The predicted octanol–water partition coefficient (Wildman–Crippen LogP) is 0.193. The Morgan fingerprint density at radius 3 is 2.60 bits per heavy atom. The maximum Gasteiger partial charge on any atom is 0.254 e. The highest BCUT2D eigenvalue weighted by Gasteiger charge is 2.48. The molecule has 0 saturated carbocycles. The standard InChI is InChI=1S/C14H19N3O2.ClH/c1-9(15)12(18)14(16)11-6-4-3-5-10(11)7-8-17(2)13(14)19;/h3-6,9H,7-8,15-16H2,1-2H3;1H/t9-,14-;/m0./s1. The molecule has 0 aliphatic carbocycles. The number of likely N-dealkylation sites (N-methyl/N-ethyl adjacent to an activating group) is 1. The molecule has 0 saturated heterocycles. The average Bonchev–Trinajstić information content (AvgIpc) is 2.50. The van der Waals surface area contributed by atoms with E-state index in [1.54, 1.807) is 26.1 Å². The third-order valence-corrected chi connectivity index (χ3v) is 3.65. The van der Waals surface area contributed by atoms with Crippen molar-refractivity contribution in [1.82, 2.24) is 4.90 Å². The van der Waals surface area contributed by atoms with E-state index in [2.05, 4.69) is 0 Å². The molecule has 20 heavy (non-hydrogen) atoms. The highest BCUT2D eigenvalue weighted by Crippen LogP contribution is 2.29. The quantitative estimate of drug-likeness (QED) is 0.763. The molecule has 2 rings (SSSR count). The molecular weight excluding hydrogens is 278 g/mol. The van der Waals surface area contributed by atoms with Crippen LogP contribution in [0, 0.1) is 0 Å². The van der Waals surface area contributed by atoms with Crippen molar-refractivity contribution >= 4 is 24.1 Å². The first kappa shape index (κ1) is 16.6. The van der Waals surface area contributed by atoms with Crippen molar-refractivity contribution in [2.75, 3.05) is 13.6 Å². The van der Waals surface area contributed by atoms with Gasteiger partial charge in [-0.3, -0.25) is 9.59 Å². The highest BCUT2D eigenvalue weighted by atomic mass is 35.5. The minimum atomic E-state index is -1.67. The fourth-order valence-electron chi connectivity index (χ4n) is 2.53. The molecule has 1 aliphatic rings. The maximum atomic E-state index is 12.5. The first-order valence-electron chi connectivity index (χ1n) is 6.31. The first-order valence-corrected chi connectivity index (χ1v) is 6.31. The largest absolute Gasteiger partial charge is 0.343 e. The molecule has 0 spiro atoms. The number of ketones is 1.